The number of para-hydroxylation sites is 1. The smallest absolute Gasteiger partial charge is 0.225 e. The van der Waals surface area contributed by atoms with E-state index < -0.39 is 0 Å². The number of ether oxygens (including phenoxy) is 1. The van der Waals surface area contributed by atoms with Gasteiger partial charge in [0.15, 0.2) is 0 Å². The second kappa shape index (κ2) is 6.64. The minimum Gasteiger partial charge on any atom is -0.496 e. The number of nitrogens with one attached hydrogen (secondary N) is 1. The summed E-state index contributed by atoms with van der Waals surface area (Å²) in [6, 6.07) is 7.60. The SMILES string of the molecule is COc1ccccc1C(C)NC(=O)Cc1c(C)nn(C)c1C. The predicted molar refractivity (Wildman–Crippen MR) is 85.9 cm³/mol. The van der Waals surface area contributed by atoms with E-state index in [1.54, 1.807) is 7.11 Å². The van der Waals surface area contributed by atoms with Gasteiger partial charge in [-0.25, -0.2) is 0 Å². The van der Waals surface area contributed by atoms with E-state index in [9.17, 15) is 4.79 Å². The van der Waals surface area contributed by atoms with Crippen LogP contribution in [0.15, 0.2) is 24.3 Å². The van der Waals surface area contributed by atoms with Crippen molar-refractivity contribution >= 4 is 5.91 Å². The Bertz CT molecular complexity index is 677. The van der Waals surface area contributed by atoms with Gasteiger partial charge in [0.1, 0.15) is 5.75 Å². The van der Waals surface area contributed by atoms with Crippen LogP contribution in [0.5, 0.6) is 5.75 Å². The highest BCUT2D eigenvalue weighted by molar-refractivity contribution is 5.79. The van der Waals surface area contributed by atoms with E-state index in [2.05, 4.69) is 10.4 Å². The first-order valence-electron chi connectivity index (χ1n) is 7.35. The molecule has 0 fully saturated rings. The minimum absolute atomic E-state index is 0.0161. The Morgan fingerprint density at radius 2 is 2.05 bits per heavy atom. The molecule has 5 heteroatoms. The van der Waals surface area contributed by atoms with E-state index in [4.69, 9.17) is 4.74 Å². The second-order valence-corrected chi connectivity index (χ2v) is 5.48. The van der Waals surface area contributed by atoms with Crippen LogP contribution in [0.1, 0.15) is 35.5 Å². The molecule has 2 aromatic rings. The molecule has 0 saturated carbocycles. The maximum Gasteiger partial charge on any atom is 0.225 e. The first kappa shape index (κ1) is 16.1. The fourth-order valence-corrected chi connectivity index (χ4v) is 2.63. The molecule has 2 rings (SSSR count). The Labute approximate surface area is 131 Å². The van der Waals surface area contributed by atoms with E-state index in [0.717, 1.165) is 28.3 Å². The Morgan fingerprint density at radius 3 is 2.64 bits per heavy atom. The summed E-state index contributed by atoms with van der Waals surface area (Å²) in [5, 5.41) is 7.37. The molecule has 1 unspecified atom stereocenters. The van der Waals surface area contributed by atoms with Crippen molar-refractivity contribution in [2.75, 3.05) is 7.11 Å². The average molecular weight is 301 g/mol. The van der Waals surface area contributed by atoms with Crippen molar-refractivity contribution in [3.05, 3.63) is 46.8 Å². The lowest BCUT2D eigenvalue weighted by Crippen LogP contribution is -2.28. The molecule has 0 aliphatic rings. The van der Waals surface area contributed by atoms with Crippen molar-refractivity contribution in [3.8, 4) is 5.75 Å². The lowest BCUT2D eigenvalue weighted by molar-refractivity contribution is -0.121. The highest BCUT2D eigenvalue weighted by Crippen LogP contribution is 2.24. The zero-order chi connectivity index (χ0) is 16.3. The molecule has 0 radical (unpaired) electrons. The van der Waals surface area contributed by atoms with E-state index in [1.807, 2.05) is 56.8 Å². The Morgan fingerprint density at radius 1 is 1.36 bits per heavy atom. The van der Waals surface area contributed by atoms with E-state index in [0.29, 0.717) is 6.42 Å². The topological polar surface area (TPSA) is 56.1 Å². The van der Waals surface area contributed by atoms with Crippen LogP contribution < -0.4 is 10.1 Å². The molecule has 0 bridgehead atoms. The molecule has 1 aromatic heterocycles. The third-order valence-electron chi connectivity index (χ3n) is 3.98. The zero-order valence-electron chi connectivity index (χ0n) is 13.8. The van der Waals surface area contributed by atoms with Crippen molar-refractivity contribution in [1.29, 1.82) is 0 Å². The van der Waals surface area contributed by atoms with Gasteiger partial charge in [0, 0.05) is 23.9 Å². The third kappa shape index (κ3) is 3.30. The fourth-order valence-electron chi connectivity index (χ4n) is 2.63. The second-order valence-electron chi connectivity index (χ2n) is 5.48. The number of hydrogen-bond acceptors (Lipinski definition) is 3. The summed E-state index contributed by atoms with van der Waals surface area (Å²) in [5.41, 5.74) is 3.89. The van der Waals surface area contributed by atoms with Gasteiger partial charge in [-0.3, -0.25) is 9.48 Å². The summed E-state index contributed by atoms with van der Waals surface area (Å²) in [6.07, 6.45) is 0.338. The maximum absolute atomic E-state index is 12.3. The lowest BCUT2D eigenvalue weighted by Gasteiger charge is -2.17. The lowest BCUT2D eigenvalue weighted by atomic mass is 10.1. The molecule has 22 heavy (non-hydrogen) atoms. The van der Waals surface area contributed by atoms with Gasteiger partial charge < -0.3 is 10.1 Å². The number of hydrogen-bond donors (Lipinski definition) is 1. The first-order chi connectivity index (χ1) is 10.4. The molecular formula is C17H23N3O2. The number of benzene rings is 1. The van der Waals surface area contributed by atoms with Crippen molar-refractivity contribution < 1.29 is 9.53 Å². The molecule has 0 saturated heterocycles. The number of carbonyl (C=O) groups excluding carboxylic acids is 1. The molecule has 1 N–H and O–H groups in total. The molecule has 0 aliphatic heterocycles. The normalized spacial score (nSPS) is 12.0. The van der Waals surface area contributed by atoms with E-state index in [-0.39, 0.29) is 11.9 Å². The summed E-state index contributed by atoms with van der Waals surface area (Å²) in [4.78, 5) is 12.3. The van der Waals surface area contributed by atoms with E-state index in [1.165, 1.54) is 0 Å². The largest absolute Gasteiger partial charge is 0.496 e. The van der Waals surface area contributed by atoms with Gasteiger partial charge in [-0.15, -0.1) is 0 Å². The van der Waals surface area contributed by atoms with Crippen LogP contribution in [0.3, 0.4) is 0 Å². The Balaban J connectivity index is 2.08. The standard InChI is InChI=1S/C17H23N3O2/c1-11(14-8-6-7-9-16(14)22-5)18-17(21)10-15-12(2)19-20(4)13(15)3/h6-9,11H,10H2,1-5H3,(H,18,21). The van der Waals surface area contributed by atoms with Crippen LogP contribution in [-0.4, -0.2) is 22.8 Å². The number of aryl methyl sites for hydroxylation is 2. The molecule has 1 heterocycles. The fraction of sp³-hybridized carbons (Fsp3) is 0.412. The molecule has 1 aromatic carbocycles. The number of methoxy groups -OCH3 is 1. The first-order valence-corrected chi connectivity index (χ1v) is 7.35. The Kier molecular flexibility index (Phi) is 4.85. The monoisotopic (exact) mass is 301 g/mol. The van der Waals surface area contributed by atoms with Crippen LogP contribution in [0.4, 0.5) is 0 Å². The summed E-state index contributed by atoms with van der Waals surface area (Å²) in [6.45, 7) is 5.87. The molecule has 0 aliphatic carbocycles. The maximum atomic E-state index is 12.3. The molecule has 5 nitrogen and oxygen atoms in total. The highest BCUT2D eigenvalue weighted by atomic mass is 16.5. The van der Waals surface area contributed by atoms with Gasteiger partial charge in [0.25, 0.3) is 0 Å². The zero-order valence-corrected chi connectivity index (χ0v) is 13.8. The average Bonchev–Trinajstić information content (AvgIpc) is 2.73. The van der Waals surface area contributed by atoms with E-state index >= 15 is 0 Å². The molecule has 1 amide bonds. The number of aromatic nitrogens is 2. The van der Waals surface area contributed by atoms with Crippen LogP contribution >= 0.6 is 0 Å². The van der Waals surface area contributed by atoms with Crippen LogP contribution in [0.25, 0.3) is 0 Å². The van der Waals surface area contributed by atoms with Gasteiger partial charge in [-0.2, -0.15) is 5.10 Å². The number of amides is 1. The van der Waals surface area contributed by atoms with Gasteiger partial charge in [0.05, 0.1) is 25.3 Å². The number of carbonyl (C=O) groups is 1. The molecular weight excluding hydrogens is 278 g/mol. The molecule has 118 valence electrons. The Hall–Kier alpha value is -2.30. The minimum atomic E-state index is -0.110. The summed E-state index contributed by atoms with van der Waals surface area (Å²) in [5.74, 6) is 0.765. The van der Waals surface area contributed by atoms with Crippen LogP contribution in [0.2, 0.25) is 0 Å². The van der Waals surface area contributed by atoms with Gasteiger partial charge in [0.2, 0.25) is 5.91 Å². The molecule has 1 atom stereocenters. The van der Waals surface area contributed by atoms with Crippen molar-refractivity contribution in [3.63, 3.8) is 0 Å². The van der Waals surface area contributed by atoms with Gasteiger partial charge in [-0.05, 0) is 26.8 Å². The summed E-state index contributed by atoms with van der Waals surface area (Å²) < 4.78 is 7.15. The van der Waals surface area contributed by atoms with Gasteiger partial charge >= 0.3 is 0 Å². The van der Waals surface area contributed by atoms with Gasteiger partial charge in [-0.1, -0.05) is 18.2 Å². The summed E-state index contributed by atoms with van der Waals surface area (Å²) >= 11 is 0. The highest BCUT2D eigenvalue weighted by Gasteiger charge is 2.17. The van der Waals surface area contributed by atoms with Crippen LogP contribution in [-0.2, 0) is 18.3 Å². The summed E-state index contributed by atoms with van der Waals surface area (Å²) in [7, 11) is 3.52. The van der Waals surface area contributed by atoms with Crippen molar-refractivity contribution in [1.82, 2.24) is 15.1 Å². The number of nitrogens with zero attached hydrogens (tertiary/aromatic N) is 2. The van der Waals surface area contributed by atoms with Crippen molar-refractivity contribution in [2.45, 2.75) is 33.2 Å². The van der Waals surface area contributed by atoms with Crippen molar-refractivity contribution in [2.24, 2.45) is 7.05 Å². The quantitative estimate of drug-likeness (QED) is 0.923. The molecule has 0 spiro atoms. The predicted octanol–water partition coefficient (Wildman–Crippen LogP) is 2.47. The number of rotatable bonds is 5. The third-order valence-corrected chi connectivity index (χ3v) is 3.98. The van der Waals surface area contributed by atoms with Crippen LogP contribution in [0, 0.1) is 13.8 Å².